The second-order valence-electron chi connectivity index (χ2n) is 10.6. The smallest absolute Gasteiger partial charge is 0.490 e. The number of H-pyrrole nitrogens is 1. The molecule has 1 aliphatic heterocycles. The Morgan fingerprint density at radius 2 is 1.58 bits per heavy atom. The molecule has 0 bridgehead atoms. The number of hydrogen-bond donors (Lipinski definition) is 4. The summed E-state index contributed by atoms with van der Waals surface area (Å²) < 4.78 is 69.7. The van der Waals surface area contributed by atoms with Crippen LogP contribution < -0.4 is 15.0 Å². The molecule has 12 nitrogen and oxygen atoms in total. The molecule has 1 saturated heterocycles. The summed E-state index contributed by atoms with van der Waals surface area (Å²) in [5.41, 5.74) is 4.47. The van der Waals surface area contributed by atoms with Gasteiger partial charge >= 0.3 is 24.3 Å². The molecular weight excluding hydrogens is 700 g/mol. The van der Waals surface area contributed by atoms with Crippen molar-refractivity contribution in [2.75, 3.05) is 23.3 Å². The number of imidazole rings is 1. The minimum atomic E-state index is -5.08. The number of para-hydroxylation sites is 1. The molecule has 5 aromatic rings. The van der Waals surface area contributed by atoms with Gasteiger partial charge < -0.3 is 30.2 Å². The van der Waals surface area contributed by atoms with Crippen molar-refractivity contribution in [3.05, 3.63) is 78.0 Å². The van der Waals surface area contributed by atoms with E-state index in [0.717, 1.165) is 59.4 Å². The van der Waals surface area contributed by atoms with E-state index in [4.69, 9.17) is 41.1 Å². The maximum absolute atomic E-state index is 10.6. The van der Waals surface area contributed by atoms with E-state index in [1.165, 1.54) is 6.33 Å². The molecule has 6 rings (SSSR count). The third-order valence-electron chi connectivity index (χ3n) is 7.18. The van der Waals surface area contributed by atoms with E-state index in [9.17, 15) is 26.3 Å². The maximum atomic E-state index is 10.6. The molecular formula is C31H28ClF6N7O5. The maximum Gasteiger partial charge on any atom is 0.490 e. The number of anilines is 2. The van der Waals surface area contributed by atoms with Crippen LogP contribution in [0.3, 0.4) is 0 Å². The Balaban J connectivity index is 0.000000340. The van der Waals surface area contributed by atoms with Crippen LogP contribution in [-0.4, -0.2) is 78.6 Å². The van der Waals surface area contributed by atoms with Gasteiger partial charge in [0.05, 0.1) is 28.6 Å². The number of rotatable bonds is 6. The number of nitrogens with one attached hydrogen (secondary N) is 2. The number of piperidine rings is 1. The van der Waals surface area contributed by atoms with Gasteiger partial charge in [-0.25, -0.2) is 24.5 Å². The number of pyridine rings is 1. The molecule has 1 aliphatic rings. The van der Waals surface area contributed by atoms with Crippen LogP contribution in [0.15, 0.2) is 67.4 Å². The van der Waals surface area contributed by atoms with Crippen molar-refractivity contribution >= 4 is 57.1 Å². The molecule has 50 heavy (non-hydrogen) atoms. The SMILES string of the molecule is CC(Nc1ncnc2nc[nH]c12)c1cc(Cl)c2cccnc2c1N1CCC(Oc2ccccc2)CC1.O=C(O)C(F)(F)F.O=C(O)C(F)(F)F. The lowest BCUT2D eigenvalue weighted by atomic mass is 9.98. The number of ether oxygens (including phenoxy) is 1. The van der Waals surface area contributed by atoms with Crippen molar-refractivity contribution in [3.8, 4) is 5.75 Å². The van der Waals surface area contributed by atoms with Gasteiger partial charge in [-0.1, -0.05) is 29.8 Å². The zero-order valence-electron chi connectivity index (χ0n) is 25.8. The second kappa shape index (κ2) is 15.9. The number of aromatic amines is 1. The average Bonchev–Trinajstić information content (AvgIpc) is 3.56. The highest BCUT2D eigenvalue weighted by Crippen LogP contribution is 2.40. The normalized spacial score (nSPS) is 14.2. The first-order chi connectivity index (χ1) is 23.6. The summed E-state index contributed by atoms with van der Waals surface area (Å²) in [6.07, 6.45) is -3.16. The number of halogens is 7. The van der Waals surface area contributed by atoms with Gasteiger partial charge in [0.15, 0.2) is 11.5 Å². The van der Waals surface area contributed by atoms with Crippen LogP contribution >= 0.6 is 11.6 Å². The van der Waals surface area contributed by atoms with Crippen LogP contribution in [0, 0.1) is 0 Å². The van der Waals surface area contributed by atoms with E-state index in [1.807, 2.05) is 48.7 Å². The quantitative estimate of drug-likeness (QED) is 0.133. The molecule has 0 radical (unpaired) electrons. The minimum absolute atomic E-state index is 0.0939. The summed E-state index contributed by atoms with van der Waals surface area (Å²) in [6.45, 7) is 3.84. The number of benzene rings is 2. The van der Waals surface area contributed by atoms with Crippen LogP contribution in [0.2, 0.25) is 5.02 Å². The van der Waals surface area contributed by atoms with Gasteiger partial charge in [0, 0.05) is 43.1 Å². The number of nitrogens with zero attached hydrogens (tertiary/aromatic N) is 5. The fraction of sp³-hybridized carbons (Fsp3) is 0.290. The second-order valence-corrected chi connectivity index (χ2v) is 11.0. The van der Waals surface area contributed by atoms with Crippen LogP contribution in [-0.2, 0) is 9.59 Å². The van der Waals surface area contributed by atoms with E-state index in [0.29, 0.717) is 16.5 Å². The number of carboxylic acids is 2. The summed E-state index contributed by atoms with van der Waals surface area (Å²) in [6, 6.07) is 16.0. The number of aromatic nitrogens is 5. The Morgan fingerprint density at radius 3 is 2.18 bits per heavy atom. The van der Waals surface area contributed by atoms with Crippen molar-refractivity contribution in [1.29, 1.82) is 0 Å². The van der Waals surface area contributed by atoms with Crippen molar-refractivity contribution in [2.24, 2.45) is 0 Å². The van der Waals surface area contributed by atoms with Crippen LogP contribution in [0.1, 0.15) is 31.4 Å². The van der Waals surface area contributed by atoms with Gasteiger partial charge in [0.25, 0.3) is 0 Å². The number of aliphatic carboxylic acids is 2. The van der Waals surface area contributed by atoms with Crippen molar-refractivity contribution in [3.63, 3.8) is 0 Å². The number of hydrogen-bond acceptors (Lipinski definition) is 9. The fourth-order valence-electron chi connectivity index (χ4n) is 4.91. The third kappa shape index (κ3) is 9.61. The van der Waals surface area contributed by atoms with E-state index in [-0.39, 0.29) is 12.1 Å². The number of carbonyl (C=O) groups is 2. The van der Waals surface area contributed by atoms with Gasteiger partial charge in [-0.05, 0) is 37.3 Å². The van der Waals surface area contributed by atoms with E-state index >= 15 is 0 Å². The van der Waals surface area contributed by atoms with E-state index < -0.39 is 24.3 Å². The molecule has 0 aliphatic carbocycles. The highest BCUT2D eigenvalue weighted by molar-refractivity contribution is 6.36. The Hall–Kier alpha value is -5.39. The van der Waals surface area contributed by atoms with Crippen LogP contribution in [0.25, 0.3) is 22.1 Å². The zero-order chi connectivity index (χ0) is 36.6. The van der Waals surface area contributed by atoms with Gasteiger partial charge in [0.2, 0.25) is 0 Å². The molecule has 4 N–H and O–H groups in total. The standard InChI is InChI=1S/C27H26ClN7O.2C2HF3O2/c1-17(34-27-24-26(31-15-30-24)32-16-33-27)21-14-22(28)20-8-5-11-29-23(20)25(21)35-12-9-19(10-13-35)36-18-6-3-2-4-7-18;2*3-2(4,5)1(6)7/h2-8,11,14-17,19H,9-10,12-13H2,1H3,(H2,30,31,32,33,34);2*(H,6,7). The van der Waals surface area contributed by atoms with Crippen LogP contribution in [0.5, 0.6) is 5.75 Å². The van der Waals surface area contributed by atoms with E-state index in [1.54, 1.807) is 6.33 Å². The molecule has 2 aromatic carbocycles. The fourth-order valence-corrected chi connectivity index (χ4v) is 5.18. The first-order valence-electron chi connectivity index (χ1n) is 14.6. The molecule has 1 atom stereocenters. The molecule has 3 aromatic heterocycles. The summed E-state index contributed by atoms with van der Waals surface area (Å²) in [7, 11) is 0. The Bertz CT molecular complexity index is 1900. The first-order valence-corrected chi connectivity index (χ1v) is 15.0. The summed E-state index contributed by atoms with van der Waals surface area (Å²) >= 11 is 6.76. The largest absolute Gasteiger partial charge is 0.490 e. The average molecular weight is 728 g/mol. The van der Waals surface area contributed by atoms with Crippen molar-refractivity contribution < 1.29 is 50.9 Å². The molecule has 4 heterocycles. The van der Waals surface area contributed by atoms with Gasteiger partial charge in [-0.3, -0.25) is 4.98 Å². The summed E-state index contributed by atoms with van der Waals surface area (Å²) in [5.74, 6) is -3.90. The lowest BCUT2D eigenvalue weighted by Gasteiger charge is -2.36. The predicted octanol–water partition coefficient (Wildman–Crippen LogP) is 7.04. The lowest BCUT2D eigenvalue weighted by Crippen LogP contribution is -2.39. The zero-order valence-corrected chi connectivity index (χ0v) is 26.6. The van der Waals surface area contributed by atoms with Gasteiger partial charge in [-0.15, -0.1) is 0 Å². The monoisotopic (exact) mass is 727 g/mol. The molecule has 0 saturated carbocycles. The Labute approximate surface area is 284 Å². The van der Waals surface area contributed by atoms with Crippen molar-refractivity contribution in [2.45, 2.75) is 44.3 Å². The molecule has 1 unspecified atom stereocenters. The number of carboxylic acid groups (broad SMARTS) is 2. The lowest BCUT2D eigenvalue weighted by molar-refractivity contribution is -0.193. The topological polar surface area (TPSA) is 166 Å². The number of alkyl halides is 6. The Morgan fingerprint density at radius 1 is 0.960 bits per heavy atom. The van der Waals surface area contributed by atoms with E-state index in [2.05, 4.69) is 43.1 Å². The van der Waals surface area contributed by atoms with Gasteiger partial charge in [-0.2, -0.15) is 26.3 Å². The molecule has 19 heteroatoms. The highest BCUT2D eigenvalue weighted by atomic mass is 35.5. The summed E-state index contributed by atoms with van der Waals surface area (Å²) in [4.78, 5) is 41.0. The minimum Gasteiger partial charge on any atom is -0.490 e. The predicted molar refractivity (Wildman–Crippen MR) is 170 cm³/mol. The molecule has 0 amide bonds. The molecule has 266 valence electrons. The first kappa shape index (κ1) is 37.4. The van der Waals surface area contributed by atoms with Crippen molar-refractivity contribution in [1.82, 2.24) is 24.9 Å². The number of fused-ring (bicyclic) bond motifs is 2. The van der Waals surface area contributed by atoms with Crippen LogP contribution in [0.4, 0.5) is 37.8 Å². The third-order valence-corrected chi connectivity index (χ3v) is 7.49. The van der Waals surface area contributed by atoms with Gasteiger partial charge in [0.1, 0.15) is 23.7 Å². The Kier molecular flexibility index (Phi) is 11.9. The molecule has 1 fully saturated rings. The highest BCUT2D eigenvalue weighted by Gasteiger charge is 2.39. The summed E-state index contributed by atoms with van der Waals surface area (Å²) in [5, 5.41) is 19.4. The molecule has 0 spiro atoms.